The van der Waals surface area contributed by atoms with Crippen LogP contribution < -0.4 is 11.1 Å². The number of methoxy groups -OCH3 is 1. The molecule has 3 N–H and O–H groups in total. The van der Waals surface area contributed by atoms with E-state index in [0.717, 1.165) is 6.07 Å². The summed E-state index contributed by atoms with van der Waals surface area (Å²) in [5.41, 5.74) is 6.00. The number of nitrogens with one attached hydrogen (secondary N) is 1. The van der Waals surface area contributed by atoms with E-state index in [1.807, 2.05) is 0 Å². The maximum atomic E-state index is 12.9. The molecule has 0 aliphatic heterocycles. The van der Waals surface area contributed by atoms with Gasteiger partial charge in [0.2, 0.25) is 0 Å². The Labute approximate surface area is 93.6 Å². The van der Waals surface area contributed by atoms with Crippen molar-refractivity contribution in [1.29, 1.82) is 0 Å². The van der Waals surface area contributed by atoms with Crippen molar-refractivity contribution < 1.29 is 13.9 Å². The van der Waals surface area contributed by atoms with Crippen LogP contribution in [0.25, 0.3) is 0 Å². The topological polar surface area (TPSA) is 64.3 Å². The Morgan fingerprint density at radius 1 is 1.56 bits per heavy atom. The van der Waals surface area contributed by atoms with Crippen molar-refractivity contribution in [3.63, 3.8) is 0 Å². The number of carbonyl (C=O) groups is 1. The van der Waals surface area contributed by atoms with E-state index in [9.17, 15) is 9.18 Å². The molecule has 0 fully saturated rings. The highest BCUT2D eigenvalue weighted by Crippen LogP contribution is 2.12. The van der Waals surface area contributed by atoms with Gasteiger partial charge in [-0.3, -0.25) is 4.79 Å². The van der Waals surface area contributed by atoms with Crippen LogP contribution in [-0.2, 0) is 4.74 Å². The van der Waals surface area contributed by atoms with Gasteiger partial charge in [-0.05, 0) is 24.6 Å². The van der Waals surface area contributed by atoms with Gasteiger partial charge in [0, 0.05) is 25.9 Å². The van der Waals surface area contributed by atoms with Gasteiger partial charge in [-0.25, -0.2) is 4.39 Å². The van der Waals surface area contributed by atoms with Crippen LogP contribution in [0.15, 0.2) is 18.2 Å². The molecular weight excluding hydrogens is 211 g/mol. The number of anilines is 1. The highest BCUT2D eigenvalue weighted by atomic mass is 19.1. The molecule has 0 unspecified atom stereocenters. The molecule has 88 valence electrons. The van der Waals surface area contributed by atoms with Crippen molar-refractivity contribution >= 4 is 11.6 Å². The zero-order valence-corrected chi connectivity index (χ0v) is 9.13. The molecule has 0 aromatic heterocycles. The number of rotatable bonds is 5. The summed E-state index contributed by atoms with van der Waals surface area (Å²) in [7, 11) is 1.59. The van der Waals surface area contributed by atoms with Crippen LogP contribution >= 0.6 is 0 Å². The van der Waals surface area contributed by atoms with E-state index in [1.165, 1.54) is 12.1 Å². The molecule has 0 atom stereocenters. The molecule has 1 amide bonds. The van der Waals surface area contributed by atoms with Crippen molar-refractivity contribution in [3.8, 4) is 0 Å². The van der Waals surface area contributed by atoms with Gasteiger partial charge in [0.25, 0.3) is 5.91 Å². The van der Waals surface area contributed by atoms with Gasteiger partial charge < -0.3 is 15.8 Å². The fourth-order valence-corrected chi connectivity index (χ4v) is 1.24. The zero-order valence-electron chi connectivity index (χ0n) is 9.13. The van der Waals surface area contributed by atoms with Gasteiger partial charge >= 0.3 is 0 Å². The largest absolute Gasteiger partial charge is 0.398 e. The molecule has 0 radical (unpaired) electrons. The first-order valence-electron chi connectivity index (χ1n) is 4.97. The van der Waals surface area contributed by atoms with Crippen LogP contribution in [0.3, 0.4) is 0 Å². The van der Waals surface area contributed by atoms with Crippen molar-refractivity contribution in [3.05, 3.63) is 29.6 Å². The lowest BCUT2D eigenvalue weighted by Gasteiger charge is -2.07. The molecule has 1 aromatic carbocycles. The lowest BCUT2D eigenvalue weighted by atomic mass is 10.1. The molecule has 0 heterocycles. The molecule has 0 aliphatic carbocycles. The van der Waals surface area contributed by atoms with E-state index in [2.05, 4.69) is 5.32 Å². The Morgan fingerprint density at radius 3 is 3.00 bits per heavy atom. The number of nitrogen functional groups attached to an aromatic ring is 1. The molecular formula is C11H15FN2O2. The Hall–Kier alpha value is -1.62. The monoisotopic (exact) mass is 226 g/mol. The first-order chi connectivity index (χ1) is 7.65. The zero-order chi connectivity index (χ0) is 12.0. The summed E-state index contributed by atoms with van der Waals surface area (Å²) < 4.78 is 17.7. The maximum Gasteiger partial charge on any atom is 0.253 e. The summed E-state index contributed by atoms with van der Waals surface area (Å²) in [5, 5.41) is 2.64. The fourth-order valence-electron chi connectivity index (χ4n) is 1.24. The highest BCUT2D eigenvalue weighted by molar-refractivity contribution is 5.99. The third-order valence-corrected chi connectivity index (χ3v) is 2.07. The third kappa shape index (κ3) is 3.51. The fraction of sp³-hybridized carbons (Fsp3) is 0.364. The summed E-state index contributed by atoms with van der Waals surface area (Å²) in [4.78, 5) is 11.6. The van der Waals surface area contributed by atoms with Crippen LogP contribution in [0.4, 0.5) is 10.1 Å². The summed E-state index contributed by atoms with van der Waals surface area (Å²) in [6.45, 7) is 1.04. The van der Waals surface area contributed by atoms with Gasteiger partial charge in [0.05, 0.1) is 5.56 Å². The SMILES string of the molecule is COCCCNC(=O)c1cc(F)ccc1N. The van der Waals surface area contributed by atoms with E-state index in [-0.39, 0.29) is 17.2 Å². The summed E-state index contributed by atoms with van der Waals surface area (Å²) >= 11 is 0. The average molecular weight is 226 g/mol. The predicted octanol–water partition coefficient (Wildman–Crippen LogP) is 1.17. The van der Waals surface area contributed by atoms with E-state index < -0.39 is 5.82 Å². The van der Waals surface area contributed by atoms with Crippen molar-refractivity contribution in [2.75, 3.05) is 26.0 Å². The van der Waals surface area contributed by atoms with Crippen LogP contribution in [0.1, 0.15) is 16.8 Å². The molecule has 1 rings (SSSR count). The van der Waals surface area contributed by atoms with Crippen molar-refractivity contribution in [1.82, 2.24) is 5.32 Å². The minimum atomic E-state index is -0.476. The van der Waals surface area contributed by atoms with Crippen molar-refractivity contribution in [2.45, 2.75) is 6.42 Å². The molecule has 0 aliphatic rings. The number of ether oxygens (including phenoxy) is 1. The number of benzene rings is 1. The standard InChI is InChI=1S/C11H15FN2O2/c1-16-6-2-5-14-11(15)9-7-8(12)3-4-10(9)13/h3-4,7H,2,5-6,13H2,1H3,(H,14,15). The molecule has 5 heteroatoms. The quantitative estimate of drug-likeness (QED) is 0.585. The number of nitrogens with two attached hydrogens (primary N) is 1. The summed E-state index contributed by atoms with van der Waals surface area (Å²) in [5.74, 6) is -0.843. The van der Waals surface area contributed by atoms with E-state index >= 15 is 0 Å². The van der Waals surface area contributed by atoms with Crippen LogP contribution in [0.2, 0.25) is 0 Å². The molecule has 0 spiro atoms. The first-order valence-corrected chi connectivity index (χ1v) is 4.97. The van der Waals surface area contributed by atoms with Crippen molar-refractivity contribution in [2.24, 2.45) is 0 Å². The third-order valence-electron chi connectivity index (χ3n) is 2.07. The van der Waals surface area contributed by atoms with Gasteiger partial charge in [-0.15, -0.1) is 0 Å². The predicted molar refractivity (Wildman–Crippen MR) is 59.6 cm³/mol. The second-order valence-corrected chi connectivity index (χ2v) is 3.33. The normalized spacial score (nSPS) is 10.1. The van der Waals surface area contributed by atoms with Crippen LogP contribution in [0.5, 0.6) is 0 Å². The molecule has 4 nitrogen and oxygen atoms in total. The Kier molecular flexibility index (Phi) is 4.72. The molecule has 1 aromatic rings. The molecule has 0 saturated heterocycles. The minimum absolute atomic E-state index is 0.164. The molecule has 16 heavy (non-hydrogen) atoms. The van der Waals surface area contributed by atoms with E-state index in [4.69, 9.17) is 10.5 Å². The second kappa shape index (κ2) is 6.07. The number of hydrogen-bond donors (Lipinski definition) is 2. The van der Waals surface area contributed by atoms with Gasteiger partial charge in [0.15, 0.2) is 0 Å². The second-order valence-electron chi connectivity index (χ2n) is 3.33. The first kappa shape index (κ1) is 12.4. The Morgan fingerprint density at radius 2 is 2.31 bits per heavy atom. The number of carbonyl (C=O) groups excluding carboxylic acids is 1. The molecule has 0 bridgehead atoms. The summed E-state index contributed by atoms with van der Waals surface area (Å²) in [6, 6.07) is 3.72. The molecule has 0 saturated carbocycles. The van der Waals surface area contributed by atoms with Crippen LogP contribution in [-0.4, -0.2) is 26.2 Å². The Balaban J connectivity index is 2.55. The number of halogens is 1. The van der Waals surface area contributed by atoms with E-state index in [1.54, 1.807) is 7.11 Å². The van der Waals surface area contributed by atoms with Gasteiger partial charge in [-0.1, -0.05) is 0 Å². The number of hydrogen-bond acceptors (Lipinski definition) is 3. The average Bonchev–Trinajstić information content (AvgIpc) is 2.27. The van der Waals surface area contributed by atoms with E-state index in [0.29, 0.717) is 19.6 Å². The number of amides is 1. The summed E-state index contributed by atoms with van der Waals surface area (Å²) in [6.07, 6.45) is 0.706. The maximum absolute atomic E-state index is 12.9. The highest BCUT2D eigenvalue weighted by Gasteiger charge is 2.09. The van der Waals surface area contributed by atoms with Crippen LogP contribution in [0, 0.1) is 5.82 Å². The lowest BCUT2D eigenvalue weighted by molar-refractivity contribution is 0.0949. The van der Waals surface area contributed by atoms with Gasteiger partial charge in [-0.2, -0.15) is 0 Å². The smallest absolute Gasteiger partial charge is 0.253 e. The minimum Gasteiger partial charge on any atom is -0.398 e. The Bertz CT molecular complexity index is 369. The lowest BCUT2D eigenvalue weighted by Crippen LogP contribution is -2.26. The van der Waals surface area contributed by atoms with Gasteiger partial charge in [0.1, 0.15) is 5.82 Å².